The van der Waals surface area contributed by atoms with Crippen LogP contribution in [0.1, 0.15) is 15.9 Å². The molecular formula is C17H16INO4. The summed E-state index contributed by atoms with van der Waals surface area (Å²) >= 11 is 2.14. The minimum atomic E-state index is -0.449. The summed E-state index contributed by atoms with van der Waals surface area (Å²) < 4.78 is 11.1. The molecule has 0 aliphatic rings. The standard InChI is InChI=1S/C17H16INO4/c1-11-7-8-12(17(21)22-2)9-14(11)19-16(20)10-23-15-6-4-3-5-13(15)18/h3-9H,10H2,1-2H3,(H,19,20). The summed E-state index contributed by atoms with van der Waals surface area (Å²) in [5, 5.41) is 2.75. The molecule has 23 heavy (non-hydrogen) atoms. The highest BCUT2D eigenvalue weighted by atomic mass is 127. The van der Waals surface area contributed by atoms with E-state index in [9.17, 15) is 9.59 Å². The second-order valence-corrected chi connectivity index (χ2v) is 5.95. The number of ether oxygens (including phenoxy) is 2. The molecule has 2 rings (SSSR count). The Hall–Kier alpha value is -2.09. The number of amides is 1. The van der Waals surface area contributed by atoms with Gasteiger partial charge in [-0.1, -0.05) is 18.2 Å². The smallest absolute Gasteiger partial charge is 0.337 e. The second-order valence-electron chi connectivity index (χ2n) is 4.79. The third-order valence-corrected chi connectivity index (χ3v) is 4.02. The maximum absolute atomic E-state index is 12.0. The zero-order valence-corrected chi connectivity index (χ0v) is 14.9. The third-order valence-electron chi connectivity index (χ3n) is 3.13. The lowest BCUT2D eigenvalue weighted by molar-refractivity contribution is -0.118. The number of hydrogen-bond donors (Lipinski definition) is 1. The van der Waals surface area contributed by atoms with Crippen molar-refractivity contribution < 1.29 is 19.1 Å². The number of methoxy groups -OCH3 is 1. The van der Waals surface area contributed by atoms with E-state index in [1.807, 2.05) is 25.1 Å². The van der Waals surface area contributed by atoms with E-state index in [-0.39, 0.29) is 12.5 Å². The second kappa shape index (κ2) is 7.96. The molecule has 2 aromatic rings. The van der Waals surface area contributed by atoms with Gasteiger partial charge in [-0.2, -0.15) is 0 Å². The van der Waals surface area contributed by atoms with Crippen molar-refractivity contribution in [1.29, 1.82) is 0 Å². The Morgan fingerprint density at radius 1 is 1.17 bits per heavy atom. The van der Waals surface area contributed by atoms with Crippen LogP contribution in [0.25, 0.3) is 0 Å². The zero-order valence-electron chi connectivity index (χ0n) is 12.8. The van der Waals surface area contributed by atoms with E-state index in [1.54, 1.807) is 24.3 Å². The van der Waals surface area contributed by atoms with Crippen LogP contribution in [0.3, 0.4) is 0 Å². The molecule has 0 unspecified atom stereocenters. The van der Waals surface area contributed by atoms with Crippen LogP contribution in [0.5, 0.6) is 5.75 Å². The lowest BCUT2D eigenvalue weighted by Crippen LogP contribution is -2.21. The first-order chi connectivity index (χ1) is 11.0. The highest BCUT2D eigenvalue weighted by Gasteiger charge is 2.11. The summed E-state index contributed by atoms with van der Waals surface area (Å²) in [6.45, 7) is 1.74. The van der Waals surface area contributed by atoms with E-state index in [0.717, 1.165) is 9.13 Å². The molecule has 6 heteroatoms. The number of carbonyl (C=O) groups is 2. The first-order valence-electron chi connectivity index (χ1n) is 6.87. The summed E-state index contributed by atoms with van der Waals surface area (Å²) in [4.78, 5) is 23.6. The Bertz CT molecular complexity index is 730. The molecule has 0 aliphatic heterocycles. The topological polar surface area (TPSA) is 64.6 Å². The molecule has 0 spiro atoms. The van der Waals surface area contributed by atoms with Crippen LogP contribution < -0.4 is 10.1 Å². The van der Waals surface area contributed by atoms with Crippen molar-refractivity contribution in [1.82, 2.24) is 0 Å². The van der Waals surface area contributed by atoms with Crippen molar-refractivity contribution in [2.45, 2.75) is 6.92 Å². The van der Waals surface area contributed by atoms with Gasteiger partial charge in [-0.15, -0.1) is 0 Å². The molecular weight excluding hydrogens is 409 g/mol. The monoisotopic (exact) mass is 425 g/mol. The van der Waals surface area contributed by atoms with E-state index < -0.39 is 5.97 Å². The minimum absolute atomic E-state index is 0.109. The van der Waals surface area contributed by atoms with E-state index >= 15 is 0 Å². The van der Waals surface area contributed by atoms with Crippen molar-refractivity contribution in [2.75, 3.05) is 19.0 Å². The van der Waals surface area contributed by atoms with Crippen molar-refractivity contribution in [3.8, 4) is 5.75 Å². The molecule has 0 fully saturated rings. The summed E-state index contributed by atoms with van der Waals surface area (Å²) in [6, 6.07) is 12.4. The Kier molecular flexibility index (Phi) is 5.97. The van der Waals surface area contributed by atoms with Crippen LogP contribution >= 0.6 is 22.6 Å². The number of para-hydroxylation sites is 1. The van der Waals surface area contributed by atoms with Gasteiger partial charge in [-0.05, 0) is 59.3 Å². The predicted molar refractivity (Wildman–Crippen MR) is 95.8 cm³/mol. The molecule has 0 bridgehead atoms. The van der Waals surface area contributed by atoms with Gasteiger partial charge in [0.25, 0.3) is 5.91 Å². The van der Waals surface area contributed by atoms with Crippen LogP contribution in [0.4, 0.5) is 5.69 Å². The molecule has 0 radical (unpaired) electrons. The molecule has 0 heterocycles. The molecule has 5 nitrogen and oxygen atoms in total. The van der Waals surface area contributed by atoms with E-state index in [2.05, 4.69) is 32.6 Å². The normalized spacial score (nSPS) is 10.0. The molecule has 0 aromatic heterocycles. The van der Waals surface area contributed by atoms with E-state index in [0.29, 0.717) is 17.0 Å². The molecule has 0 atom stereocenters. The van der Waals surface area contributed by atoms with Gasteiger partial charge in [0, 0.05) is 5.69 Å². The highest BCUT2D eigenvalue weighted by Crippen LogP contribution is 2.20. The number of benzene rings is 2. The van der Waals surface area contributed by atoms with Gasteiger partial charge in [-0.3, -0.25) is 4.79 Å². The largest absolute Gasteiger partial charge is 0.483 e. The molecule has 120 valence electrons. The van der Waals surface area contributed by atoms with Crippen molar-refractivity contribution in [3.63, 3.8) is 0 Å². The zero-order chi connectivity index (χ0) is 16.8. The van der Waals surface area contributed by atoms with Gasteiger partial charge in [0.1, 0.15) is 5.75 Å². The lowest BCUT2D eigenvalue weighted by Gasteiger charge is -2.11. The van der Waals surface area contributed by atoms with Crippen LogP contribution in [0.15, 0.2) is 42.5 Å². The Morgan fingerprint density at radius 3 is 2.61 bits per heavy atom. The van der Waals surface area contributed by atoms with Gasteiger partial charge >= 0.3 is 5.97 Å². The van der Waals surface area contributed by atoms with Gasteiger partial charge in [0.2, 0.25) is 0 Å². The number of nitrogens with one attached hydrogen (secondary N) is 1. The lowest BCUT2D eigenvalue weighted by atomic mass is 10.1. The SMILES string of the molecule is COC(=O)c1ccc(C)c(NC(=O)COc2ccccc2I)c1. The highest BCUT2D eigenvalue weighted by molar-refractivity contribution is 14.1. The maximum Gasteiger partial charge on any atom is 0.337 e. The van der Waals surface area contributed by atoms with Gasteiger partial charge in [0.05, 0.1) is 16.2 Å². The Labute approximate surface area is 148 Å². The minimum Gasteiger partial charge on any atom is -0.483 e. The number of aryl methyl sites for hydroxylation is 1. The van der Waals surface area contributed by atoms with Crippen LogP contribution in [0, 0.1) is 10.5 Å². The van der Waals surface area contributed by atoms with Crippen molar-refractivity contribution >= 4 is 40.2 Å². The summed E-state index contributed by atoms with van der Waals surface area (Å²) in [5.41, 5.74) is 1.79. The first kappa shape index (κ1) is 17.3. The summed E-state index contributed by atoms with van der Waals surface area (Å²) in [7, 11) is 1.32. The third kappa shape index (κ3) is 4.69. The molecule has 0 aliphatic carbocycles. The predicted octanol–water partition coefficient (Wildman–Crippen LogP) is 3.40. The molecule has 2 aromatic carbocycles. The number of carbonyl (C=O) groups excluding carboxylic acids is 2. The number of rotatable bonds is 5. The molecule has 1 N–H and O–H groups in total. The number of esters is 1. The number of anilines is 1. The van der Waals surface area contributed by atoms with Crippen molar-refractivity contribution in [3.05, 3.63) is 57.2 Å². The van der Waals surface area contributed by atoms with Crippen LogP contribution in [-0.2, 0) is 9.53 Å². The first-order valence-corrected chi connectivity index (χ1v) is 7.95. The van der Waals surface area contributed by atoms with Crippen molar-refractivity contribution in [2.24, 2.45) is 0 Å². The number of halogens is 1. The molecule has 0 saturated heterocycles. The van der Waals surface area contributed by atoms with Gasteiger partial charge < -0.3 is 14.8 Å². The fourth-order valence-electron chi connectivity index (χ4n) is 1.89. The van der Waals surface area contributed by atoms with E-state index in [4.69, 9.17) is 4.74 Å². The Balaban J connectivity index is 2.02. The maximum atomic E-state index is 12.0. The Morgan fingerprint density at radius 2 is 1.91 bits per heavy atom. The van der Waals surface area contributed by atoms with E-state index in [1.165, 1.54) is 7.11 Å². The molecule has 1 amide bonds. The van der Waals surface area contributed by atoms with Gasteiger partial charge in [0.15, 0.2) is 6.61 Å². The molecule has 0 saturated carbocycles. The van der Waals surface area contributed by atoms with Crippen LogP contribution in [-0.4, -0.2) is 25.6 Å². The number of hydrogen-bond acceptors (Lipinski definition) is 4. The van der Waals surface area contributed by atoms with Gasteiger partial charge in [-0.25, -0.2) is 4.79 Å². The summed E-state index contributed by atoms with van der Waals surface area (Å²) in [5.74, 6) is -0.0892. The average molecular weight is 425 g/mol. The fourth-order valence-corrected chi connectivity index (χ4v) is 2.44. The van der Waals surface area contributed by atoms with Crippen LogP contribution in [0.2, 0.25) is 0 Å². The quantitative estimate of drug-likeness (QED) is 0.589. The summed E-state index contributed by atoms with van der Waals surface area (Å²) in [6.07, 6.45) is 0. The average Bonchev–Trinajstić information content (AvgIpc) is 2.55. The fraction of sp³-hybridized carbons (Fsp3) is 0.176.